The number of benzene rings is 9. The molecule has 0 saturated heterocycles. The Balaban J connectivity index is 1.06. The number of hydrogen-bond acceptors (Lipinski definition) is 6. The summed E-state index contributed by atoms with van der Waals surface area (Å²) in [5, 5.41) is 10.9. The van der Waals surface area contributed by atoms with Gasteiger partial charge in [0.25, 0.3) is 0 Å². The molecule has 5 aromatic heterocycles. The first-order valence-electron chi connectivity index (χ1n) is 20.7. The quantitative estimate of drug-likeness (QED) is 0.176. The van der Waals surface area contributed by atoms with Gasteiger partial charge in [-0.1, -0.05) is 109 Å². The lowest BCUT2D eigenvalue weighted by Gasteiger charge is -2.13. The maximum atomic E-state index is 6.78. The maximum Gasteiger partial charge on any atom is 0.167 e. The van der Waals surface area contributed by atoms with Crippen LogP contribution >= 0.6 is 0 Å². The van der Waals surface area contributed by atoms with Crippen LogP contribution in [0.25, 0.3) is 138 Å². The molecule has 0 fully saturated rings. The van der Waals surface area contributed by atoms with Gasteiger partial charge >= 0.3 is 0 Å². The molecule has 62 heavy (non-hydrogen) atoms. The van der Waals surface area contributed by atoms with E-state index in [1.165, 1.54) is 21.5 Å². The average molecular weight is 795 g/mol. The summed E-state index contributed by atoms with van der Waals surface area (Å²) in [6.45, 7) is 0. The Kier molecular flexibility index (Phi) is 6.71. The van der Waals surface area contributed by atoms with E-state index in [0.717, 1.165) is 93.6 Å². The second-order valence-electron chi connectivity index (χ2n) is 16.0. The number of para-hydroxylation sites is 4. The third kappa shape index (κ3) is 4.84. The van der Waals surface area contributed by atoms with Gasteiger partial charge in [0.2, 0.25) is 0 Å². The highest BCUT2D eigenvalue weighted by molar-refractivity contribution is 6.15. The topological polar surface area (TPSA) is 83.0 Å². The molecule has 7 nitrogen and oxygen atoms in total. The Morgan fingerprint density at radius 2 is 0.823 bits per heavy atom. The number of fused-ring (bicyclic) bond motifs is 13. The molecule has 0 radical (unpaired) electrons. The van der Waals surface area contributed by atoms with E-state index < -0.39 is 0 Å². The summed E-state index contributed by atoms with van der Waals surface area (Å²) in [7, 11) is 0. The molecule has 0 saturated carbocycles. The lowest BCUT2D eigenvalue weighted by molar-refractivity contribution is 0.668. The van der Waals surface area contributed by atoms with E-state index in [0.29, 0.717) is 23.1 Å². The minimum atomic E-state index is 0.483. The molecule has 0 amide bonds. The third-order valence-corrected chi connectivity index (χ3v) is 12.4. The van der Waals surface area contributed by atoms with Crippen molar-refractivity contribution < 1.29 is 13.3 Å². The molecule has 0 bridgehead atoms. The smallest absolute Gasteiger partial charge is 0.167 e. The second kappa shape index (κ2) is 12.5. The van der Waals surface area contributed by atoms with Crippen LogP contribution in [-0.4, -0.2) is 19.5 Å². The summed E-state index contributed by atoms with van der Waals surface area (Å²) in [5.74, 6) is 1.50. The number of nitrogens with zero attached hydrogens (tertiary/aromatic N) is 4. The van der Waals surface area contributed by atoms with Gasteiger partial charge in [0.05, 0.1) is 16.6 Å². The highest BCUT2D eigenvalue weighted by atomic mass is 16.3. The van der Waals surface area contributed by atoms with Crippen LogP contribution in [0, 0.1) is 0 Å². The summed E-state index contributed by atoms with van der Waals surface area (Å²) < 4.78 is 21.9. The lowest BCUT2D eigenvalue weighted by atomic mass is 10.1. The van der Waals surface area contributed by atoms with Crippen molar-refractivity contribution in [2.45, 2.75) is 0 Å². The van der Waals surface area contributed by atoms with Crippen molar-refractivity contribution in [1.82, 2.24) is 19.5 Å². The zero-order valence-electron chi connectivity index (χ0n) is 32.8. The van der Waals surface area contributed by atoms with Gasteiger partial charge in [-0.25, -0.2) is 15.0 Å². The highest BCUT2D eigenvalue weighted by Gasteiger charge is 2.23. The van der Waals surface area contributed by atoms with E-state index in [9.17, 15) is 0 Å². The number of hydrogen-bond donors (Lipinski definition) is 0. The lowest BCUT2D eigenvalue weighted by Crippen LogP contribution is -2.01. The predicted molar refractivity (Wildman–Crippen MR) is 250 cm³/mol. The van der Waals surface area contributed by atoms with Gasteiger partial charge in [-0.3, -0.25) is 0 Å². The standard InChI is InChI=1S/C55H30N4O3/c1-2-12-32-26-46-42(25-31(32)11-1)36-13-3-7-17-45(36)59(46)35-29-43-39-16-6-10-20-49(39)62-52(43)44(30-35)55-57-53(33-21-23-40-37-14-4-8-18-47(37)60-50(40)27-33)56-54(58-55)34-22-24-41-38-15-5-9-19-48(38)61-51(41)28-34/h1-30H. The van der Waals surface area contributed by atoms with E-state index in [4.69, 9.17) is 28.2 Å². The van der Waals surface area contributed by atoms with Gasteiger partial charge in [-0.2, -0.15) is 0 Å². The van der Waals surface area contributed by atoms with Gasteiger partial charge in [0.15, 0.2) is 17.5 Å². The fraction of sp³-hybridized carbons (Fsp3) is 0. The zero-order valence-corrected chi connectivity index (χ0v) is 32.8. The first-order valence-corrected chi connectivity index (χ1v) is 20.7. The van der Waals surface area contributed by atoms with Crippen molar-refractivity contribution >= 4 is 98.4 Å². The molecule has 0 spiro atoms. The van der Waals surface area contributed by atoms with Crippen LogP contribution in [0.4, 0.5) is 0 Å². The van der Waals surface area contributed by atoms with Crippen LogP contribution in [0.3, 0.4) is 0 Å². The number of rotatable bonds is 4. The Labute approximate surface area is 351 Å². The molecule has 288 valence electrons. The van der Waals surface area contributed by atoms with Crippen LogP contribution in [0.15, 0.2) is 195 Å². The van der Waals surface area contributed by atoms with Crippen LogP contribution in [0.1, 0.15) is 0 Å². The SMILES string of the molecule is c1ccc2cc3c(cc2c1)c1ccccc1n3-c1cc(-c2nc(-c3ccc4c(c3)oc3ccccc34)nc(-c3ccc4c(c3)oc3ccccc34)n2)c2oc3ccccc3c2c1. The molecule has 0 unspecified atom stereocenters. The molecule has 14 rings (SSSR count). The Bertz CT molecular complexity index is 4060. The van der Waals surface area contributed by atoms with Gasteiger partial charge in [-0.15, -0.1) is 0 Å². The van der Waals surface area contributed by atoms with Crippen molar-refractivity contribution in [3.63, 3.8) is 0 Å². The van der Waals surface area contributed by atoms with Crippen molar-refractivity contribution in [1.29, 1.82) is 0 Å². The first kappa shape index (κ1) is 33.3. The summed E-state index contributed by atoms with van der Waals surface area (Å²) in [4.78, 5) is 15.8. The first-order chi connectivity index (χ1) is 30.7. The molecule has 9 aromatic carbocycles. The van der Waals surface area contributed by atoms with Crippen LogP contribution in [0.5, 0.6) is 0 Å². The molecule has 0 aliphatic heterocycles. The van der Waals surface area contributed by atoms with Crippen molar-refractivity contribution in [3.8, 4) is 39.9 Å². The largest absolute Gasteiger partial charge is 0.456 e. The van der Waals surface area contributed by atoms with E-state index in [1.807, 2.05) is 60.7 Å². The van der Waals surface area contributed by atoms with Crippen molar-refractivity contribution in [3.05, 3.63) is 182 Å². The number of aromatic nitrogens is 4. The normalized spacial score (nSPS) is 12.2. The molecule has 0 aliphatic carbocycles. The zero-order chi connectivity index (χ0) is 40.5. The van der Waals surface area contributed by atoms with E-state index in [2.05, 4.69) is 126 Å². The highest BCUT2D eigenvalue weighted by Crippen LogP contribution is 2.42. The average Bonchev–Trinajstić information content (AvgIpc) is 4.08. The molecule has 0 atom stereocenters. The fourth-order valence-corrected chi connectivity index (χ4v) is 9.52. The second-order valence-corrected chi connectivity index (χ2v) is 16.0. The summed E-state index contributed by atoms with van der Waals surface area (Å²) >= 11 is 0. The third-order valence-electron chi connectivity index (χ3n) is 12.4. The van der Waals surface area contributed by atoms with Crippen molar-refractivity contribution in [2.75, 3.05) is 0 Å². The van der Waals surface area contributed by atoms with Gasteiger partial charge in [0, 0.05) is 59.9 Å². The van der Waals surface area contributed by atoms with Gasteiger partial charge < -0.3 is 17.8 Å². The van der Waals surface area contributed by atoms with Gasteiger partial charge in [0.1, 0.15) is 33.5 Å². The molecular weight excluding hydrogens is 765 g/mol. The van der Waals surface area contributed by atoms with Crippen LogP contribution in [0.2, 0.25) is 0 Å². The molecule has 14 aromatic rings. The van der Waals surface area contributed by atoms with Crippen LogP contribution < -0.4 is 0 Å². The molecule has 0 N–H and O–H groups in total. The summed E-state index contributed by atoms with van der Waals surface area (Å²) in [5.41, 5.74) is 10.2. The Morgan fingerprint density at radius 1 is 0.323 bits per heavy atom. The van der Waals surface area contributed by atoms with E-state index >= 15 is 0 Å². The Hall–Kier alpha value is -8.55. The Morgan fingerprint density at radius 3 is 1.47 bits per heavy atom. The molecule has 7 heteroatoms. The van der Waals surface area contributed by atoms with E-state index in [1.54, 1.807) is 0 Å². The van der Waals surface area contributed by atoms with Crippen LogP contribution in [-0.2, 0) is 0 Å². The molecule has 0 aliphatic rings. The monoisotopic (exact) mass is 794 g/mol. The minimum absolute atomic E-state index is 0.483. The van der Waals surface area contributed by atoms with E-state index in [-0.39, 0.29) is 0 Å². The molecule has 5 heterocycles. The molecular formula is C55H30N4O3. The fourth-order valence-electron chi connectivity index (χ4n) is 9.52. The minimum Gasteiger partial charge on any atom is -0.456 e. The summed E-state index contributed by atoms with van der Waals surface area (Å²) in [6.07, 6.45) is 0. The maximum absolute atomic E-state index is 6.78. The number of furan rings is 3. The summed E-state index contributed by atoms with van der Waals surface area (Å²) in [6, 6.07) is 62.9. The van der Waals surface area contributed by atoms with Crippen molar-refractivity contribution in [2.24, 2.45) is 0 Å². The predicted octanol–water partition coefficient (Wildman–Crippen LogP) is 14.8. The van der Waals surface area contributed by atoms with Gasteiger partial charge in [-0.05, 0) is 83.6 Å².